The highest BCUT2D eigenvalue weighted by Gasteiger charge is 2.17. The fraction of sp³-hybridized carbons (Fsp3) is 0.267. The van der Waals surface area contributed by atoms with Gasteiger partial charge in [-0.05, 0) is 26.0 Å². The van der Waals surface area contributed by atoms with Crippen LogP contribution in [-0.2, 0) is 6.54 Å². The Morgan fingerprint density at radius 3 is 2.65 bits per heavy atom. The van der Waals surface area contributed by atoms with Crippen LogP contribution in [0, 0.1) is 10.1 Å². The van der Waals surface area contributed by atoms with Gasteiger partial charge in [-0.25, -0.2) is 15.0 Å². The Labute approximate surface area is 132 Å². The maximum absolute atomic E-state index is 10.6. The van der Waals surface area contributed by atoms with Crippen molar-refractivity contribution in [2.75, 3.05) is 5.32 Å². The summed E-state index contributed by atoms with van der Waals surface area (Å²) in [5.74, 6) is 1.20. The molecule has 0 aliphatic heterocycles. The van der Waals surface area contributed by atoms with Gasteiger partial charge in [0.1, 0.15) is 18.2 Å². The number of nitrogens with one attached hydrogen (secondary N) is 1. The van der Waals surface area contributed by atoms with Crippen molar-refractivity contribution in [3.8, 4) is 0 Å². The third kappa shape index (κ3) is 2.83. The lowest BCUT2D eigenvalue weighted by Gasteiger charge is -2.14. The molecule has 0 aliphatic rings. The summed E-state index contributed by atoms with van der Waals surface area (Å²) in [6.45, 7) is 4.81. The number of hydrogen-bond donors (Lipinski definition) is 1. The fourth-order valence-corrected chi connectivity index (χ4v) is 2.51. The first kappa shape index (κ1) is 14.9. The molecule has 2 heterocycles. The lowest BCUT2D eigenvalue weighted by molar-refractivity contribution is -0.385. The Hall–Kier alpha value is -3.03. The highest BCUT2D eigenvalue weighted by molar-refractivity contribution is 5.76. The summed E-state index contributed by atoms with van der Waals surface area (Å²) in [6.07, 6.45) is 2.37. The topological polar surface area (TPSA) is 98.8 Å². The fourth-order valence-electron chi connectivity index (χ4n) is 2.51. The summed E-state index contributed by atoms with van der Waals surface area (Å²) in [5, 5.41) is 13.8. The Balaban J connectivity index is 1.88. The molecule has 3 aromatic rings. The molecular weight excluding hydrogens is 296 g/mol. The maximum atomic E-state index is 10.6. The van der Waals surface area contributed by atoms with Gasteiger partial charge in [0, 0.05) is 6.54 Å². The van der Waals surface area contributed by atoms with Gasteiger partial charge in [0.25, 0.3) is 0 Å². The smallest absolute Gasteiger partial charge is 0.305 e. The van der Waals surface area contributed by atoms with Gasteiger partial charge in [-0.1, -0.05) is 12.1 Å². The Morgan fingerprint density at radius 2 is 2.00 bits per heavy atom. The average molecular weight is 312 g/mol. The van der Waals surface area contributed by atoms with Crippen LogP contribution in [0.3, 0.4) is 0 Å². The van der Waals surface area contributed by atoms with E-state index in [1.165, 1.54) is 12.4 Å². The molecule has 0 radical (unpaired) electrons. The van der Waals surface area contributed by atoms with Crippen molar-refractivity contribution in [1.82, 2.24) is 19.5 Å². The summed E-state index contributed by atoms with van der Waals surface area (Å²) in [5.41, 5.74) is 1.87. The largest absolute Gasteiger partial charge is 0.345 e. The predicted octanol–water partition coefficient (Wildman–Crippen LogP) is 2.93. The number of aryl methyl sites for hydroxylation is 1. The molecule has 0 saturated heterocycles. The molecule has 23 heavy (non-hydrogen) atoms. The summed E-state index contributed by atoms with van der Waals surface area (Å²) >= 11 is 0. The zero-order valence-electron chi connectivity index (χ0n) is 12.8. The molecule has 0 fully saturated rings. The lowest BCUT2D eigenvalue weighted by atomic mass is 10.3. The number of anilines is 1. The normalized spacial score (nSPS) is 12.3. The van der Waals surface area contributed by atoms with Crippen LogP contribution in [-0.4, -0.2) is 24.4 Å². The van der Waals surface area contributed by atoms with Crippen molar-refractivity contribution in [3.05, 3.63) is 52.6 Å². The first-order valence-electron chi connectivity index (χ1n) is 7.28. The molecule has 1 N–H and O–H groups in total. The number of aromatic nitrogens is 4. The number of rotatable bonds is 5. The van der Waals surface area contributed by atoms with Crippen LogP contribution >= 0.6 is 0 Å². The van der Waals surface area contributed by atoms with Crippen LogP contribution in [0.5, 0.6) is 0 Å². The van der Waals surface area contributed by atoms with Crippen molar-refractivity contribution >= 4 is 22.7 Å². The number of para-hydroxylation sites is 2. The molecule has 0 amide bonds. The zero-order valence-corrected chi connectivity index (χ0v) is 12.8. The molecule has 8 heteroatoms. The molecule has 8 nitrogen and oxygen atoms in total. The second-order valence-corrected chi connectivity index (χ2v) is 5.09. The predicted molar refractivity (Wildman–Crippen MR) is 86.1 cm³/mol. The summed E-state index contributed by atoms with van der Waals surface area (Å²) in [7, 11) is 0. The van der Waals surface area contributed by atoms with Crippen LogP contribution in [0.1, 0.15) is 25.7 Å². The lowest BCUT2D eigenvalue weighted by Crippen LogP contribution is -2.15. The Kier molecular flexibility index (Phi) is 3.88. The number of nitro groups is 1. The average Bonchev–Trinajstić information content (AvgIpc) is 2.94. The third-order valence-electron chi connectivity index (χ3n) is 3.58. The second-order valence-electron chi connectivity index (χ2n) is 5.09. The minimum absolute atomic E-state index is 0.135. The van der Waals surface area contributed by atoms with Gasteiger partial charge in [-0.2, -0.15) is 0 Å². The highest BCUT2D eigenvalue weighted by Crippen LogP contribution is 2.22. The molecular formula is C15H16N6O2. The van der Waals surface area contributed by atoms with Crippen molar-refractivity contribution in [2.24, 2.45) is 0 Å². The molecule has 118 valence electrons. The van der Waals surface area contributed by atoms with Crippen LogP contribution in [0.2, 0.25) is 0 Å². The van der Waals surface area contributed by atoms with Gasteiger partial charge in [-0.3, -0.25) is 10.1 Å². The van der Waals surface area contributed by atoms with Crippen molar-refractivity contribution in [1.29, 1.82) is 0 Å². The minimum Gasteiger partial charge on any atom is -0.345 e. The number of fused-ring (bicyclic) bond motifs is 1. The van der Waals surface area contributed by atoms with E-state index in [0.29, 0.717) is 5.95 Å². The minimum atomic E-state index is -0.524. The Bertz CT molecular complexity index is 843. The van der Waals surface area contributed by atoms with Gasteiger partial charge in [0.05, 0.1) is 22.0 Å². The second kappa shape index (κ2) is 5.99. The first-order valence-corrected chi connectivity index (χ1v) is 7.28. The quantitative estimate of drug-likeness (QED) is 0.574. The monoisotopic (exact) mass is 312 g/mol. The summed E-state index contributed by atoms with van der Waals surface area (Å²) < 4.78 is 2.12. The molecule has 0 aliphatic carbocycles. The van der Waals surface area contributed by atoms with E-state index in [1.807, 2.05) is 31.2 Å². The van der Waals surface area contributed by atoms with Crippen molar-refractivity contribution in [3.63, 3.8) is 0 Å². The molecule has 0 spiro atoms. The van der Waals surface area contributed by atoms with Gasteiger partial charge in [0.15, 0.2) is 0 Å². The zero-order chi connectivity index (χ0) is 16.4. The summed E-state index contributed by atoms with van der Waals surface area (Å²) in [6, 6.07) is 7.81. The van der Waals surface area contributed by atoms with E-state index in [1.54, 1.807) is 0 Å². The van der Waals surface area contributed by atoms with Crippen LogP contribution in [0.4, 0.5) is 11.6 Å². The van der Waals surface area contributed by atoms with E-state index in [2.05, 4.69) is 31.8 Å². The Morgan fingerprint density at radius 1 is 1.30 bits per heavy atom. The highest BCUT2D eigenvalue weighted by atomic mass is 16.6. The maximum Gasteiger partial charge on any atom is 0.305 e. The van der Waals surface area contributed by atoms with Crippen molar-refractivity contribution in [2.45, 2.75) is 26.4 Å². The molecule has 3 rings (SSSR count). The van der Waals surface area contributed by atoms with Gasteiger partial charge in [-0.15, -0.1) is 0 Å². The van der Waals surface area contributed by atoms with E-state index in [-0.39, 0.29) is 11.7 Å². The van der Waals surface area contributed by atoms with E-state index < -0.39 is 4.92 Å². The van der Waals surface area contributed by atoms with Crippen LogP contribution in [0.15, 0.2) is 36.7 Å². The van der Waals surface area contributed by atoms with E-state index >= 15 is 0 Å². The van der Waals surface area contributed by atoms with Gasteiger partial charge >= 0.3 is 5.69 Å². The van der Waals surface area contributed by atoms with Crippen LogP contribution < -0.4 is 5.32 Å². The molecule has 1 atom stereocenters. The number of imidazole rings is 1. The van der Waals surface area contributed by atoms with Gasteiger partial charge < -0.3 is 9.88 Å². The molecule has 1 aromatic carbocycles. The standard InChI is InChI=1S/C15H16N6O2/c1-3-20-13-7-5-4-6-12(13)19-14(20)10(2)18-15-16-8-11(9-17-15)21(22)23/h4-10H,3H2,1-2H3,(H,16,17,18)/t10-/m0/s1. The SMILES string of the molecule is CCn1c([C@H](C)Nc2ncc([N+](=O)[O-])cn2)nc2ccccc21. The van der Waals surface area contributed by atoms with E-state index in [9.17, 15) is 10.1 Å². The molecule has 0 saturated carbocycles. The summed E-state index contributed by atoms with van der Waals surface area (Å²) in [4.78, 5) is 22.7. The van der Waals surface area contributed by atoms with Gasteiger partial charge in [0.2, 0.25) is 5.95 Å². The molecule has 0 unspecified atom stereocenters. The van der Waals surface area contributed by atoms with Crippen LogP contribution in [0.25, 0.3) is 11.0 Å². The third-order valence-corrected chi connectivity index (χ3v) is 3.58. The van der Waals surface area contributed by atoms with Crippen molar-refractivity contribution < 1.29 is 4.92 Å². The molecule has 0 bridgehead atoms. The first-order chi connectivity index (χ1) is 11.1. The van der Waals surface area contributed by atoms with E-state index in [0.717, 1.165) is 23.4 Å². The number of hydrogen-bond acceptors (Lipinski definition) is 6. The van der Waals surface area contributed by atoms with E-state index in [4.69, 9.17) is 0 Å². The molecule has 2 aromatic heterocycles. The number of nitrogens with zero attached hydrogens (tertiary/aromatic N) is 5. The number of benzene rings is 1.